The molecule has 0 spiro atoms. The van der Waals surface area contributed by atoms with E-state index in [0.717, 1.165) is 25.3 Å². The van der Waals surface area contributed by atoms with E-state index in [0.29, 0.717) is 24.1 Å². The Bertz CT molecular complexity index is 383. The molecule has 0 aromatic carbocycles. The second-order valence-electron chi connectivity index (χ2n) is 5.45. The monoisotopic (exact) mass is 307 g/mol. The van der Waals surface area contributed by atoms with Crippen LogP contribution in [0.15, 0.2) is 16.5 Å². The van der Waals surface area contributed by atoms with Crippen LogP contribution in [0.5, 0.6) is 0 Å². The van der Waals surface area contributed by atoms with E-state index >= 15 is 0 Å². The number of nitrogens with one attached hydrogen (secondary N) is 1. The molecule has 20 heavy (non-hydrogen) atoms. The lowest BCUT2D eigenvalue weighted by atomic mass is 9.90. The van der Waals surface area contributed by atoms with Gasteiger partial charge in [0.05, 0.1) is 12.3 Å². The van der Waals surface area contributed by atoms with Gasteiger partial charge >= 0.3 is 0 Å². The van der Waals surface area contributed by atoms with Gasteiger partial charge in [0.2, 0.25) is 0 Å². The molecule has 1 N–H and O–H groups in total. The van der Waals surface area contributed by atoms with Crippen molar-refractivity contribution < 1.29 is 17.9 Å². The quantitative estimate of drug-likeness (QED) is 0.711. The zero-order valence-corrected chi connectivity index (χ0v) is 13.1. The predicted octanol–water partition coefficient (Wildman–Crippen LogP) is 3.89. The van der Waals surface area contributed by atoms with Gasteiger partial charge in [0.15, 0.2) is 0 Å². The van der Waals surface area contributed by atoms with E-state index in [1.54, 1.807) is 13.2 Å². The lowest BCUT2D eigenvalue weighted by molar-refractivity contribution is 0.150. The molecular weight excluding hydrogens is 284 g/mol. The van der Waals surface area contributed by atoms with E-state index in [2.05, 4.69) is 19.2 Å². The van der Waals surface area contributed by atoms with Crippen molar-refractivity contribution in [2.24, 2.45) is 5.41 Å². The first kappa shape index (κ1) is 17.5. The molecule has 0 amide bonds. The Morgan fingerprint density at radius 2 is 2.05 bits per heavy atom. The second kappa shape index (κ2) is 8.64. The van der Waals surface area contributed by atoms with Crippen molar-refractivity contribution in [3.05, 3.63) is 23.7 Å². The van der Waals surface area contributed by atoms with Crippen LogP contribution in [-0.4, -0.2) is 26.0 Å². The van der Waals surface area contributed by atoms with Crippen LogP contribution in [0, 0.1) is 5.41 Å². The van der Waals surface area contributed by atoms with Gasteiger partial charge in [0.1, 0.15) is 11.5 Å². The van der Waals surface area contributed by atoms with E-state index in [4.69, 9.17) is 9.15 Å². The Labute approximate surface area is 123 Å². The number of alkyl halides is 2. The smallest absolute Gasteiger partial charge is 0.284 e. The van der Waals surface area contributed by atoms with Gasteiger partial charge in [0.25, 0.3) is 5.76 Å². The molecule has 0 aliphatic rings. The summed E-state index contributed by atoms with van der Waals surface area (Å²) in [6.45, 7) is 6.54. The highest BCUT2D eigenvalue weighted by molar-refractivity contribution is 7.98. The molecule has 1 heterocycles. The average Bonchev–Trinajstić information content (AvgIpc) is 2.82. The summed E-state index contributed by atoms with van der Waals surface area (Å²) in [6, 6.07) is 3.58. The van der Waals surface area contributed by atoms with Crippen molar-refractivity contribution in [1.82, 2.24) is 5.32 Å². The Kier molecular flexibility index (Phi) is 7.55. The third-order valence-electron chi connectivity index (χ3n) is 2.95. The number of rotatable bonds is 10. The zero-order chi connectivity index (χ0) is 15.0. The number of hydrogen-bond acceptors (Lipinski definition) is 4. The largest absolute Gasteiger partial charge is 0.464 e. The van der Waals surface area contributed by atoms with Crippen molar-refractivity contribution >= 4 is 11.8 Å². The molecule has 0 aliphatic heterocycles. The van der Waals surface area contributed by atoms with Gasteiger partial charge in [-0.3, -0.25) is 0 Å². The number of halogens is 2. The van der Waals surface area contributed by atoms with Gasteiger partial charge in [0, 0.05) is 20.3 Å². The van der Waals surface area contributed by atoms with Gasteiger partial charge in [-0.1, -0.05) is 25.6 Å². The molecule has 3 nitrogen and oxygen atoms in total. The molecule has 0 unspecified atom stereocenters. The van der Waals surface area contributed by atoms with Crippen molar-refractivity contribution in [3.63, 3.8) is 0 Å². The number of thioether (sulfide) groups is 1. The topological polar surface area (TPSA) is 34.4 Å². The lowest BCUT2D eigenvalue weighted by Gasteiger charge is -2.24. The molecule has 0 atom stereocenters. The number of methoxy groups -OCH3 is 1. The highest BCUT2D eigenvalue weighted by atomic mass is 32.2. The zero-order valence-electron chi connectivity index (χ0n) is 12.2. The third-order valence-corrected chi connectivity index (χ3v) is 3.66. The maximum Gasteiger partial charge on any atom is 0.284 e. The molecule has 0 aliphatic carbocycles. The molecule has 116 valence electrons. The first-order chi connectivity index (χ1) is 9.43. The van der Waals surface area contributed by atoms with Crippen LogP contribution in [0.4, 0.5) is 8.78 Å². The fraction of sp³-hybridized carbons (Fsp3) is 0.714. The van der Waals surface area contributed by atoms with Gasteiger partial charge in [-0.15, -0.1) is 0 Å². The Hall–Kier alpha value is -0.590. The van der Waals surface area contributed by atoms with Crippen LogP contribution in [0.1, 0.15) is 31.8 Å². The Morgan fingerprint density at radius 3 is 2.70 bits per heavy atom. The minimum absolute atomic E-state index is 0.150. The van der Waals surface area contributed by atoms with Crippen LogP contribution in [0.25, 0.3) is 0 Å². The first-order valence-corrected chi connectivity index (χ1v) is 7.65. The minimum Gasteiger partial charge on any atom is -0.464 e. The molecule has 1 aromatic rings. The van der Waals surface area contributed by atoms with Crippen molar-refractivity contribution in [3.8, 4) is 0 Å². The second-order valence-corrected chi connectivity index (χ2v) is 6.43. The summed E-state index contributed by atoms with van der Waals surface area (Å²) in [5.74, 6) is -0.789. The van der Waals surface area contributed by atoms with Crippen LogP contribution in [0.2, 0.25) is 0 Å². The van der Waals surface area contributed by atoms with Crippen molar-refractivity contribution in [2.75, 3.05) is 20.3 Å². The number of ether oxygens (including phenoxy) is 1. The lowest BCUT2D eigenvalue weighted by Crippen LogP contribution is -2.30. The molecule has 6 heteroatoms. The summed E-state index contributed by atoms with van der Waals surface area (Å²) >= 11 is 0.573. The van der Waals surface area contributed by atoms with E-state index in [9.17, 15) is 8.78 Å². The van der Waals surface area contributed by atoms with Crippen LogP contribution in [0.3, 0.4) is 0 Å². The first-order valence-electron chi connectivity index (χ1n) is 6.60. The average molecular weight is 307 g/mol. The van der Waals surface area contributed by atoms with Crippen molar-refractivity contribution in [1.29, 1.82) is 0 Å². The van der Waals surface area contributed by atoms with E-state index in [-0.39, 0.29) is 11.2 Å². The molecule has 1 rings (SSSR count). The van der Waals surface area contributed by atoms with Gasteiger partial charge < -0.3 is 14.5 Å². The van der Waals surface area contributed by atoms with Crippen LogP contribution >= 0.6 is 11.8 Å². The molecule has 0 radical (unpaired) electrons. The Morgan fingerprint density at radius 1 is 1.35 bits per heavy atom. The molecule has 1 aromatic heterocycles. The van der Waals surface area contributed by atoms with E-state index < -0.39 is 5.76 Å². The third kappa shape index (κ3) is 7.26. The summed E-state index contributed by atoms with van der Waals surface area (Å²) in [5.41, 5.74) is 0.150. The summed E-state index contributed by atoms with van der Waals surface area (Å²) in [7, 11) is 1.70. The summed E-state index contributed by atoms with van der Waals surface area (Å²) in [4.78, 5) is 0. The van der Waals surface area contributed by atoms with Crippen molar-refractivity contribution in [2.45, 2.75) is 38.3 Å². The van der Waals surface area contributed by atoms with Crippen LogP contribution in [-0.2, 0) is 17.0 Å². The number of furan rings is 1. The number of hydrogen-bond donors (Lipinski definition) is 1. The Balaban J connectivity index is 2.28. The fourth-order valence-corrected chi connectivity index (χ4v) is 2.18. The summed E-state index contributed by atoms with van der Waals surface area (Å²) in [6.07, 6.45) is 0.977. The van der Waals surface area contributed by atoms with Gasteiger partial charge in [-0.25, -0.2) is 0 Å². The summed E-state index contributed by atoms with van der Waals surface area (Å²) in [5, 5.41) is 3.32. The molecule has 0 fully saturated rings. The fourth-order valence-electron chi connectivity index (χ4n) is 1.73. The maximum atomic E-state index is 12.1. The predicted molar refractivity (Wildman–Crippen MR) is 78.0 cm³/mol. The summed E-state index contributed by atoms with van der Waals surface area (Å²) < 4.78 is 34.7. The van der Waals surface area contributed by atoms with E-state index in [1.165, 1.54) is 0 Å². The molecular formula is C14H23F2NO2S. The normalized spacial score (nSPS) is 12.3. The van der Waals surface area contributed by atoms with E-state index in [1.807, 2.05) is 6.07 Å². The standard InChI is InChI=1S/C14H23F2NO2S/c1-14(2,6-7-18-3)10-17-8-11-4-5-12(19-11)9-20-13(15)16/h4-5,13,17H,6-10H2,1-3H3. The van der Waals surface area contributed by atoms with Gasteiger partial charge in [-0.05, 0) is 24.0 Å². The minimum atomic E-state index is -2.36. The van der Waals surface area contributed by atoms with Gasteiger partial charge in [-0.2, -0.15) is 8.78 Å². The molecule has 0 bridgehead atoms. The highest BCUT2D eigenvalue weighted by Crippen LogP contribution is 2.22. The van der Waals surface area contributed by atoms with Crippen LogP contribution < -0.4 is 5.32 Å². The highest BCUT2D eigenvalue weighted by Gasteiger charge is 2.17. The SMILES string of the molecule is COCCC(C)(C)CNCc1ccc(CSC(F)F)o1. The maximum absolute atomic E-state index is 12.1. The molecule has 0 saturated heterocycles. The molecule has 0 saturated carbocycles.